The molecule has 0 saturated heterocycles. The van der Waals surface area contributed by atoms with E-state index in [4.69, 9.17) is 5.73 Å². The molecule has 2 N–H and O–H groups in total. The van der Waals surface area contributed by atoms with Gasteiger partial charge in [-0.25, -0.2) is 26.5 Å². The number of nitrogens with zero attached hydrogens (tertiary/aromatic N) is 8. The van der Waals surface area contributed by atoms with E-state index in [0.29, 0.717) is 29.7 Å². The number of nitrogens with two attached hydrogens (primary N) is 1. The average Bonchev–Trinajstić information content (AvgIpc) is 3.37. The van der Waals surface area contributed by atoms with E-state index in [9.17, 15) is 31.2 Å². The lowest BCUT2D eigenvalue weighted by atomic mass is 9.91. The highest BCUT2D eigenvalue weighted by Crippen LogP contribution is 2.39. The Bertz CT molecular complexity index is 1920. The lowest BCUT2D eigenvalue weighted by Gasteiger charge is -2.16. The van der Waals surface area contributed by atoms with Gasteiger partial charge in [0.15, 0.2) is 23.1 Å². The molecule has 0 aliphatic heterocycles. The molecule has 4 aromatic rings. The van der Waals surface area contributed by atoms with Crippen LogP contribution in [0.1, 0.15) is 37.7 Å². The summed E-state index contributed by atoms with van der Waals surface area (Å²) in [4.78, 5) is 2.51. The van der Waals surface area contributed by atoms with Gasteiger partial charge in [-0.3, -0.25) is 0 Å². The number of rotatable bonds is 6. The van der Waals surface area contributed by atoms with Crippen molar-refractivity contribution in [1.82, 2.24) is 24.5 Å². The van der Waals surface area contributed by atoms with Crippen LogP contribution in [0.15, 0.2) is 62.6 Å². The summed E-state index contributed by atoms with van der Waals surface area (Å²) in [5.41, 5.74) is 5.56. The summed E-state index contributed by atoms with van der Waals surface area (Å²) >= 11 is 0. The summed E-state index contributed by atoms with van der Waals surface area (Å²) in [7, 11) is -10.3. The van der Waals surface area contributed by atoms with Crippen molar-refractivity contribution in [3.63, 3.8) is 0 Å². The molecule has 0 spiro atoms. The maximum absolute atomic E-state index is 12.0. The Morgan fingerprint density at radius 1 is 1.00 bits per heavy atom. The van der Waals surface area contributed by atoms with Crippen molar-refractivity contribution in [2.45, 2.75) is 42.9 Å². The smallest absolute Gasteiger partial charge is 0.196 e. The molecule has 0 atom stereocenters. The van der Waals surface area contributed by atoms with Crippen LogP contribution in [-0.2, 0) is 25.7 Å². The van der Waals surface area contributed by atoms with Gasteiger partial charge >= 0.3 is 0 Å². The van der Waals surface area contributed by atoms with Gasteiger partial charge < -0.3 is 14.8 Å². The highest BCUT2D eigenvalue weighted by Gasteiger charge is 2.28. The minimum Gasteiger partial charge on any atom is -0.744 e. The van der Waals surface area contributed by atoms with Crippen LogP contribution in [0.3, 0.4) is 0 Å². The summed E-state index contributed by atoms with van der Waals surface area (Å²) < 4.78 is 73.1. The zero-order valence-corrected chi connectivity index (χ0v) is 23.1. The Balaban J connectivity index is 2.00. The zero-order chi connectivity index (χ0) is 29.6. The van der Waals surface area contributed by atoms with Crippen LogP contribution < -0.4 is 5.73 Å². The SMILES string of the molecule is Cc1nn(-c2cc(S(=O)(=O)[O-])ccc2S(=O)(=O)[O-])c(N=Nc2c(C(C)(C)C)nn(-c3ccccn3)c2N)c1C#N. The first-order valence-corrected chi connectivity index (χ1v) is 14.1. The number of nitriles is 1. The number of pyridine rings is 1. The van der Waals surface area contributed by atoms with Gasteiger partial charge in [0.25, 0.3) is 0 Å². The monoisotopic (exact) mass is 583 g/mol. The van der Waals surface area contributed by atoms with E-state index < -0.39 is 41.1 Å². The third-order valence-electron chi connectivity index (χ3n) is 5.58. The van der Waals surface area contributed by atoms with Crippen LogP contribution in [0.2, 0.25) is 0 Å². The van der Waals surface area contributed by atoms with Gasteiger partial charge in [0.1, 0.15) is 31.9 Å². The lowest BCUT2D eigenvalue weighted by molar-refractivity contribution is 0.458. The summed E-state index contributed by atoms with van der Waals surface area (Å²) in [6.07, 6.45) is 1.55. The van der Waals surface area contributed by atoms with Crippen molar-refractivity contribution in [2.24, 2.45) is 10.2 Å². The van der Waals surface area contributed by atoms with Crippen molar-refractivity contribution < 1.29 is 25.9 Å². The minimum atomic E-state index is -5.20. The van der Waals surface area contributed by atoms with Gasteiger partial charge in [-0.2, -0.15) is 20.1 Å². The Kier molecular flexibility index (Phi) is 7.06. The van der Waals surface area contributed by atoms with E-state index in [0.717, 1.165) is 4.68 Å². The predicted molar refractivity (Wildman–Crippen MR) is 138 cm³/mol. The lowest BCUT2D eigenvalue weighted by Crippen LogP contribution is -2.13. The third-order valence-corrected chi connectivity index (χ3v) is 7.30. The number of azo groups is 1. The number of nitrogen functional groups attached to an aromatic ring is 1. The van der Waals surface area contributed by atoms with Crippen LogP contribution in [0.25, 0.3) is 11.5 Å². The first-order chi connectivity index (χ1) is 18.5. The predicted octanol–water partition coefficient (Wildman–Crippen LogP) is 2.74. The second kappa shape index (κ2) is 9.91. The van der Waals surface area contributed by atoms with E-state index in [2.05, 4.69) is 25.4 Å². The molecule has 3 aromatic heterocycles. The van der Waals surface area contributed by atoms with Crippen molar-refractivity contribution in [3.05, 3.63) is 59.5 Å². The Morgan fingerprint density at radius 2 is 1.70 bits per heavy atom. The Labute approximate surface area is 229 Å². The second-order valence-corrected chi connectivity index (χ2v) is 12.2. The molecule has 4 rings (SSSR count). The summed E-state index contributed by atoms with van der Waals surface area (Å²) in [6.45, 7) is 6.96. The molecule has 208 valence electrons. The number of benzene rings is 1. The van der Waals surface area contributed by atoms with Crippen molar-refractivity contribution in [1.29, 1.82) is 5.26 Å². The van der Waals surface area contributed by atoms with Crippen LogP contribution in [-0.4, -0.2) is 50.5 Å². The number of hydrogen-bond donors (Lipinski definition) is 1. The molecule has 0 fully saturated rings. The molecule has 40 heavy (non-hydrogen) atoms. The van der Waals surface area contributed by atoms with E-state index in [1.807, 2.05) is 26.8 Å². The van der Waals surface area contributed by atoms with Crippen molar-refractivity contribution in [2.75, 3.05) is 5.73 Å². The summed E-state index contributed by atoms with van der Waals surface area (Å²) in [5, 5.41) is 26.8. The number of aromatic nitrogens is 5. The Morgan fingerprint density at radius 3 is 2.25 bits per heavy atom. The summed E-state index contributed by atoms with van der Waals surface area (Å²) in [6, 6.07) is 9.01. The largest absolute Gasteiger partial charge is 0.744 e. The quantitative estimate of drug-likeness (QED) is 0.255. The normalized spacial score (nSPS) is 12.6. The number of hydrogen-bond acceptors (Lipinski definition) is 13. The standard InChI is InChI=1S/C23H23N9O6S2/c1-13-15(12-24)22(31(29-13)16-11-14(39(33,34)35)8-9-17(16)40(36,37)38)28-27-19-20(23(2,3)4)30-32(21(19)25)18-7-5-6-10-26-18/h5-11H,25H2,1-4H3,(H,33,34,35)(H,36,37,38)/p-2. The molecular weight excluding hydrogens is 562 g/mol. The van der Waals surface area contributed by atoms with Gasteiger partial charge in [0.2, 0.25) is 0 Å². The highest BCUT2D eigenvalue weighted by atomic mass is 32.2. The van der Waals surface area contributed by atoms with Gasteiger partial charge in [-0.05, 0) is 37.3 Å². The zero-order valence-electron chi connectivity index (χ0n) is 21.5. The average molecular weight is 584 g/mol. The maximum atomic E-state index is 12.0. The molecule has 1 aromatic carbocycles. The molecule has 0 saturated carbocycles. The molecule has 0 bridgehead atoms. The molecule has 0 radical (unpaired) electrons. The fraction of sp³-hybridized carbons (Fsp3) is 0.217. The molecule has 17 heteroatoms. The molecule has 15 nitrogen and oxygen atoms in total. The number of anilines is 1. The molecule has 3 heterocycles. The van der Waals surface area contributed by atoms with Crippen LogP contribution in [0.4, 0.5) is 17.3 Å². The fourth-order valence-electron chi connectivity index (χ4n) is 3.71. The van der Waals surface area contributed by atoms with E-state index >= 15 is 0 Å². The molecule has 0 amide bonds. The number of aryl methyl sites for hydroxylation is 1. The molecule has 0 aliphatic rings. The van der Waals surface area contributed by atoms with E-state index in [1.165, 1.54) is 11.6 Å². The first-order valence-electron chi connectivity index (χ1n) is 11.3. The van der Waals surface area contributed by atoms with Crippen molar-refractivity contribution >= 4 is 37.6 Å². The van der Waals surface area contributed by atoms with Crippen LogP contribution in [0.5, 0.6) is 0 Å². The fourth-order valence-corrected chi connectivity index (χ4v) is 4.84. The van der Waals surface area contributed by atoms with Crippen molar-refractivity contribution in [3.8, 4) is 17.6 Å². The second-order valence-electron chi connectivity index (χ2n) is 9.48. The summed E-state index contributed by atoms with van der Waals surface area (Å²) in [5.74, 6) is 0.0950. The Hall–Kier alpha value is -4.50. The van der Waals surface area contributed by atoms with Gasteiger partial charge in [-0.15, -0.1) is 10.2 Å². The molecular formula is C23H21N9O6S2-2. The first kappa shape index (κ1) is 28.5. The van der Waals surface area contributed by atoms with Gasteiger partial charge in [0, 0.05) is 11.6 Å². The van der Waals surface area contributed by atoms with Gasteiger partial charge in [-0.1, -0.05) is 26.8 Å². The topological polar surface area (TPSA) is 237 Å². The highest BCUT2D eigenvalue weighted by molar-refractivity contribution is 7.86. The molecule has 0 aliphatic carbocycles. The minimum absolute atomic E-state index is 0.0503. The van der Waals surface area contributed by atoms with Crippen LogP contribution >= 0.6 is 0 Å². The van der Waals surface area contributed by atoms with E-state index in [-0.39, 0.29) is 28.6 Å². The van der Waals surface area contributed by atoms with E-state index in [1.54, 1.807) is 24.4 Å². The maximum Gasteiger partial charge on any atom is 0.196 e. The third kappa shape index (κ3) is 5.33. The van der Waals surface area contributed by atoms with Crippen LogP contribution in [0, 0.1) is 18.3 Å². The van der Waals surface area contributed by atoms with Gasteiger partial charge in [0.05, 0.1) is 26.9 Å². The molecule has 0 unspecified atom stereocenters.